The van der Waals surface area contributed by atoms with Gasteiger partial charge in [-0.3, -0.25) is 9.59 Å². The van der Waals surface area contributed by atoms with Crippen LogP contribution in [0.2, 0.25) is 5.02 Å². The van der Waals surface area contributed by atoms with Crippen molar-refractivity contribution in [1.82, 2.24) is 0 Å². The molecule has 5 nitrogen and oxygen atoms in total. The van der Waals surface area contributed by atoms with Crippen LogP contribution in [0.5, 0.6) is 5.75 Å². The van der Waals surface area contributed by atoms with Gasteiger partial charge in [0.1, 0.15) is 5.75 Å². The first kappa shape index (κ1) is 22.9. The van der Waals surface area contributed by atoms with Crippen molar-refractivity contribution in [2.24, 2.45) is 0 Å². The van der Waals surface area contributed by atoms with Gasteiger partial charge in [-0.1, -0.05) is 36.7 Å². The fourth-order valence-corrected chi connectivity index (χ4v) is 4.60. The highest BCUT2D eigenvalue weighted by atomic mass is 35.5. The molecule has 0 fully saturated rings. The average Bonchev–Trinajstić information content (AvgIpc) is 2.85. The van der Waals surface area contributed by atoms with Gasteiger partial charge in [0.2, 0.25) is 5.91 Å². The van der Waals surface area contributed by atoms with Gasteiger partial charge in [0.25, 0.3) is 5.91 Å². The molecule has 1 unspecified atom stereocenters. The van der Waals surface area contributed by atoms with E-state index in [0.717, 1.165) is 16.9 Å². The molecule has 0 bridgehead atoms. The van der Waals surface area contributed by atoms with Crippen LogP contribution >= 0.6 is 11.6 Å². The lowest BCUT2D eigenvalue weighted by atomic mass is 9.89. The molecule has 4 rings (SSSR count). The summed E-state index contributed by atoms with van der Waals surface area (Å²) in [6.45, 7) is 3.89. The summed E-state index contributed by atoms with van der Waals surface area (Å²) in [6, 6.07) is 22.0. The lowest BCUT2D eigenvalue weighted by Gasteiger charge is -2.43. The zero-order valence-electron chi connectivity index (χ0n) is 19.0. The van der Waals surface area contributed by atoms with Gasteiger partial charge in [-0.05, 0) is 73.5 Å². The summed E-state index contributed by atoms with van der Waals surface area (Å²) in [5.74, 6) is 0.658. The number of para-hydroxylation sites is 1. The van der Waals surface area contributed by atoms with E-state index in [4.69, 9.17) is 16.3 Å². The first-order valence-electron chi connectivity index (χ1n) is 11.1. The van der Waals surface area contributed by atoms with E-state index in [9.17, 15) is 9.59 Å². The molecule has 0 saturated carbocycles. The number of methoxy groups -OCH3 is 1. The van der Waals surface area contributed by atoms with Crippen LogP contribution in [0, 0.1) is 0 Å². The van der Waals surface area contributed by atoms with E-state index in [-0.39, 0.29) is 23.9 Å². The summed E-state index contributed by atoms with van der Waals surface area (Å²) in [4.78, 5) is 30.3. The maximum atomic E-state index is 13.5. The van der Waals surface area contributed by atoms with Gasteiger partial charge < -0.3 is 14.5 Å². The molecule has 1 heterocycles. The second-order valence-corrected chi connectivity index (χ2v) is 8.59. The number of fused-ring (bicyclic) bond motifs is 1. The maximum absolute atomic E-state index is 13.5. The van der Waals surface area contributed by atoms with Gasteiger partial charge in [-0.2, -0.15) is 0 Å². The molecule has 0 aliphatic carbocycles. The van der Waals surface area contributed by atoms with Crippen LogP contribution in [-0.4, -0.2) is 25.0 Å². The number of rotatable bonds is 5. The van der Waals surface area contributed by atoms with E-state index in [0.29, 0.717) is 29.2 Å². The molecule has 0 radical (unpaired) electrons. The Morgan fingerprint density at radius 3 is 2.33 bits per heavy atom. The zero-order chi connectivity index (χ0) is 23.5. The van der Waals surface area contributed by atoms with Gasteiger partial charge in [-0.15, -0.1) is 0 Å². The molecular formula is C27H27ClN2O3. The molecule has 3 aromatic rings. The predicted molar refractivity (Wildman–Crippen MR) is 132 cm³/mol. The Morgan fingerprint density at radius 1 is 1.03 bits per heavy atom. The van der Waals surface area contributed by atoms with Crippen LogP contribution in [0.1, 0.15) is 48.7 Å². The number of anilines is 2. The number of benzene rings is 3. The second-order valence-electron chi connectivity index (χ2n) is 8.16. The van der Waals surface area contributed by atoms with Crippen LogP contribution in [0.3, 0.4) is 0 Å². The SMILES string of the molecule is CCC(=O)N(c1ccc(Cl)cc1)[C@H]1CC(C)N(C(=O)c2ccc(OC)cc2)c2ccccc21. The lowest BCUT2D eigenvalue weighted by Crippen LogP contribution is -2.47. The first-order valence-corrected chi connectivity index (χ1v) is 11.5. The van der Waals surface area contributed by atoms with Gasteiger partial charge in [-0.25, -0.2) is 0 Å². The highest BCUT2D eigenvalue weighted by molar-refractivity contribution is 6.30. The molecule has 2 amide bonds. The molecule has 3 aromatic carbocycles. The Hall–Kier alpha value is -3.31. The maximum Gasteiger partial charge on any atom is 0.258 e. The Labute approximate surface area is 199 Å². The average molecular weight is 463 g/mol. The van der Waals surface area contributed by atoms with Crippen molar-refractivity contribution in [3.8, 4) is 5.75 Å². The van der Waals surface area contributed by atoms with E-state index in [1.54, 1.807) is 43.5 Å². The van der Waals surface area contributed by atoms with Crippen molar-refractivity contribution in [2.45, 2.75) is 38.8 Å². The van der Waals surface area contributed by atoms with E-state index in [2.05, 4.69) is 0 Å². The van der Waals surface area contributed by atoms with Crippen molar-refractivity contribution in [2.75, 3.05) is 16.9 Å². The number of hydrogen-bond donors (Lipinski definition) is 0. The molecule has 6 heteroatoms. The molecule has 1 aliphatic rings. The summed E-state index contributed by atoms with van der Waals surface area (Å²) in [5, 5.41) is 0.622. The number of carbonyl (C=O) groups is 2. The number of ether oxygens (including phenoxy) is 1. The van der Waals surface area contributed by atoms with Gasteiger partial charge in [0.15, 0.2) is 0 Å². The minimum absolute atomic E-state index is 0.0271. The monoisotopic (exact) mass is 462 g/mol. The van der Waals surface area contributed by atoms with E-state index < -0.39 is 0 Å². The van der Waals surface area contributed by atoms with Crippen LogP contribution in [0.25, 0.3) is 0 Å². The highest BCUT2D eigenvalue weighted by Crippen LogP contribution is 2.43. The van der Waals surface area contributed by atoms with Crippen LogP contribution < -0.4 is 14.5 Å². The number of nitrogens with zero attached hydrogens (tertiary/aromatic N) is 2. The van der Waals surface area contributed by atoms with Crippen LogP contribution in [0.4, 0.5) is 11.4 Å². The molecule has 2 atom stereocenters. The molecule has 0 N–H and O–H groups in total. The number of amides is 2. The first-order chi connectivity index (χ1) is 15.9. The fourth-order valence-electron chi connectivity index (χ4n) is 4.48. The van der Waals surface area contributed by atoms with Gasteiger partial charge in [0, 0.05) is 34.4 Å². The van der Waals surface area contributed by atoms with Crippen LogP contribution in [0.15, 0.2) is 72.8 Å². The third-order valence-electron chi connectivity index (χ3n) is 6.10. The molecule has 170 valence electrons. The molecular weight excluding hydrogens is 436 g/mol. The fraction of sp³-hybridized carbons (Fsp3) is 0.259. The summed E-state index contributed by atoms with van der Waals surface area (Å²) >= 11 is 6.10. The minimum atomic E-state index is -0.190. The second kappa shape index (κ2) is 9.67. The molecule has 0 saturated heterocycles. The minimum Gasteiger partial charge on any atom is -0.497 e. The Balaban J connectivity index is 1.76. The summed E-state index contributed by atoms with van der Waals surface area (Å²) in [7, 11) is 1.60. The molecule has 1 aliphatic heterocycles. The molecule has 0 aromatic heterocycles. The predicted octanol–water partition coefficient (Wildman–Crippen LogP) is 6.27. The normalized spacial score (nSPS) is 17.3. The van der Waals surface area contributed by atoms with E-state index in [1.807, 2.05) is 60.0 Å². The largest absolute Gasteiger partial charge is 0.497 e. The topological polar surface area (TPSA) is 49.9 Å². The Kier molecular flexibility index (Phi) is 6.70. The Morgan fingerprint density at radius 2 is 1.70 bits per heavy atom. The summed E-state index contributed by atoms with van der Waals surface area (Å²) < 4.78 is 5.22. The number of hydrogen-bond acceptors (Lipinski definition) is 3. The van der Waals surface area contributed by atoms with Crippen LogP contribution in [-0.2, 0) is 4.79 Å². The molecule has 33 heavy (non-hydrogen) atoms. The summed E-state index contributed by atoms with van der Waals surface area (Å²) in [5.41, 5.74) is 3.17. The number of halogens is 1. The van der Waals surface area contributed by atoms with Crippen molar-refractivity contribution in [3.63, 3.8) is 0 Å². The van der Waals surface area contributed by atoms with Crippen molar-refractivity contribution < 1.29 is 14.3 Å². The summed E-state index contributed by atoms with van der Waals surface area (Å²) in [6.07, 6.45) is 0.997. The zero-order valence-corrected chi connectivity index (χ0v) is 19.8. The quantitative estimate of drug-likeness (QED) is 0.448. The smallest absolute Gasteiger partial charge is 0.258 e. The lowest BCUT2D eigenvalue weighted by molar-refractivity contribution is -0.118. The highest BCUT2D eigenvalue weighted by Gasteiger charge is 2.38. The Bertz CT molecular complexity index is 1140. The van der Waals surface area contributed by atoms with E-state index >= 15 is 0 Å². The van der Waals surface area contributed by atoms with Crippen molar-refractivity contribution >= 4 is 34.8 Å². The van der Waals surface area contributed by atoms with Gasteiger partial charge >= 0.3 is 0 Å². The number of carbonyl (C=O) groups excluding carboxylic acids is 2. The third kappa shape index (κ3) is 4.46. The van der Waals surface area contributed by atoms with Crippen molar-refractivity contribution in [1.29, 1.82) is 0 Å². The third-order valence-corrected chi connectivity index (χ3v) is 6.36. The van der Waals surface area contributed by atoms with Gasteiger partial charge in [0.05, 0.1) is 13.2 Å². The van der Waals surface area contributed by atoms with E-state index in [1.165, 1.54) is 0 Å². The molecule has 0 spiro atoms. The van der Waals surface area contributed by atoms with Crippen molar-refractivity contribution in [3.05, 3.63) is 88.9 Å². The standard InChI is InChI=1S/C27H27ClN2O3/c1-4-26(31)30(21-13-11-20(28)12-14-21)25-17-18(2)29(24-8-6-5-7-23(24)25)27(32)19-9-15-22(33-3)16-10-19/h5-16,18,25H,4,17H2,1-3H3/t18?,25-/m0/s1.